The molecule has 6 nitrogen and oxygen atoms in total. The van der Waals surface area contributed by atoms with Crippen LogP contribution in [-0.2, 0) is 9.53 Å². The Labute approximate surface area is 131 Å². The van der Waals surface area contributed by atoms with Gasteiger partial charge in [0.15, 0.2) is 0 Å². The summed E-state index contributed by atoms with van der Waals surface area (Å²) in [6, 6.07) is 6.77. The van der Waals surface area contributed by atoms with Gasteiger partial charge < -0.3 is 15.0 Å². The molecule has 120 valence electrons. The number of nitrogens with zero attached hydrogens (tertiary/aromatic N) is 2. The third-order valence-corrected chi connectivity index (χ3v) is 3.85. The van der Waals surface area contributed by atoms with Crippen LogP contribution in [0.3, 0.4) is 0 Å². The highest BCUT2D eigenvalue weighted by molar-refractivity contribution is 5.95. The molecule has 1 aromatic rings. The van der Waals surface area contributed by atoms with Gasteiger partial charge in [0.1, 0.15) is 0 Å². The van der Waals surface area contributed by atoms with Crippen LogP contribution < -0.4 is 5.32 Å². The first-order valence-electron chi connectivity index (χ1n) is 7.55. The van der Waals surface area contributed by atoms with Crippen molar-refractivity contribution < 1.29 is 14.3 Å². The third kappa shape index (κ3) is 4.54. The molecular formula is C16H23N3O3. The minimum Gasteiger partial charge on any atom is -0.465 e. The molecule has 1 aromatic carbocycles. The molecule has 0 aromatic heterocycles. The predicted octanol–water partition coefficient (Wildman–Crippen LogP) is 1.05. The van der Waals surface area contributed by atoms with Crippen LogP contribution in [0.5, 0.6) is 0 Å². The SMILES string of the molecule is CCN1CCN(CC(=O)Nc2cccc(C(=O)OC)c2)CC1. The molecule has 1 amide bonds. The van der Waals surface area contributed by atoms with Gasteiger partial charge in [-0.1, -0.05) is 13.0 Å². The molecule has 22 heavy (non-hydrogen) atoms. The monoisotopic (exact) mass is 305 g/mol. The largest absolute Gasteiger partial charge is 0.465 e. The van der Waals surface area contributed by atoms with E-state index in [1.807, 2.05) is 0 Å². The molecule has 1 fully saturated rings. The number of rotatable bonds is 5. The lowest BCUT2D eigenvalue weighted by molar-refractivity contribution is -0.117. The minimum absolute atomic E-state index is 0.0630. The van der Waals surface area contributed by atoms with Crippen molar-refractivity contribution in [2.45, 2.75) is 6.92 Å². The predicted molar refractivity (Wildman–Crippen MR) is 85.0 cm³/mol. The van der Waals surface area contributed by atoms with Gasteiger partial charge in [-0.15, -0.1) is 0 Å². The van der Waals surface area contributed by atoms with Crippen LogP contribution in [-0.4, -0.2) is 68.1 Å². The summed E-state index contributed by atoms with van der Waals surface area (Å²) in [5, 5.41) is 2.83. The highest BCUT2D eigenvalue weighted by Gasteiger charge is 2.18. The number of carbonyl (C=O) groups is 2. The number of amides is 1. The molecule has 0 spiro atoms. The summed E-state index contributed by atoms with van der Waals surface area (Å²) >= 11 is 0. The number of esters is 1. The topological polar surface area (TPSA) is 61.9 Å². The fraction of sp³-hybridized carbons (Fsp3) is 0.500. The summed E-state index contributed by atoms with van der Waals surface area (Å²) in [7, 11) is 1.34. The number of ether oxygens (including phenoxy) is 1. The summed E-state index contributed by atoms with van der Waals surface area (Å²) in [5.41, 5.74) is 1.04. The number of likely N-dealkylation sites (N-methyl/N-ethyl adjacent to an activating group) is 1. The second kappa shape index (κ2) is 7.91. The van der Waals surface area contributed by atoms with Crippen LogP contribution in [0.15, 0.2) is 24.3 Å². The average molecular weight is 305 g/mol. The summed E-state index contributed by atoms with van der Waals surface area (Å²) in [4.78, 5) is 28.1. The summed E-state index contributed by atoms with van der Waals surface area (Å²) in [6.07, 6.45) is 0. The average Bonchev–Trinajstić information content (AvgIpc) is 2.55. The Bertz CT molecular complexity index is 525. The normalized spacial score (nSPS) is 16.3. The number of methoxy groups -OCH3 is 1. The zero-order valence-corrected chi connectivity index (χ0v) is 13.2. The number of carbonyl (C=O) groups excluding carboxylic acids is 2. The van der Waals surface area contributed by atoms with E-state index in [4.69, 9.17) is 0 Å². The smallest absolute Gasteiger partial charge is 0.337 e. The van der Waals surface area contributed by atoms with Crippen molar-refractivity contribution >= 4 is 17.6 Å². The Morgan fingerprint density at radius 1 is 1.18 bits per heavy atom. The maximum absolute atomic E-state index is 12.1. The molecule has 0 radical (unpaired) electrons. The number of hydrogen-bond acceptors (Lipinski definition) is 5. The molecule has 0 unspecified atom stereocenters. The van der Waals surface area contributed by atoms with Gasteiger partial charge in [0.05, 0.1) is 19.2 Å². The Balaban J connectivity index is 1.86. The molecule has 1 aliphatic heterocycles. The number of anilines is 1. The first-order chi connectivity index (χ1) is 10.6. The Kier molecular flexibility index (Phi) is 5.91. The second-order valence-electron chi connectivity index (χ2n) is 5.33. The quantitative estimate of drug-likeness (QED) is 0.824. The molecule has 1 heterocycles. The first kappa shape index (κ1) is 16.5. The lowest BCUT2D eigenvalue weighted by atomic mass is 10.2. The maximum atomic E-state index is 12.1. The van der Waals surface area contributed by atoms with Crippen LogP contribution in [0.25, 0.3) is 0 Å². The van der Waals surface area contributed by atoms with Gasteiger partial charge in [0.25, 0.3) is 0 Å². The van der Waals surface area contributed by atoms with Crippen LogP contribution >= 0.6 is 0 Å². The van der Waals surface area contributed by atoms with E-state index >= 15 is 0 Å². The maximum Gasteiger partial charge on any atom is 0.337 e. The van der Waals surface area contributed by atoms with E-state index in [0.717, 1.165) is 32.7 Å². The number of nitrogens with one attached hydrogen (secondary N) is 1. The fourth-order valence-electron chi connectivity index (χ4n) is 2.51. The van der Waals surface area contributed by atoms with E-state index in [0.29, 0.717) is 17.8 Å². The zero-order valence-electron chi connectivity index (χ0n) is 13.2. The standard InChI is InChI=1S/C16H23N3O3/c1-3-18-7-9-19(10-8-18)12-15(20)17-14-6-4-5-13(11-14)16(21)22-2/h4-6,11H,3,7-10,12H2,1-2H3,(H,17,20). The van der Waals surface area contributed by atoms with Gasteiger partial charge in [-0.3, -0.25) is 9.69 Å². The molecule has 1 N–H and O–H groups in total. The lowest BCUT2D eigenvalue weighted by Gasteiger charge is -2.33. The first-order valence-corrected chi connectivity index (χ1v) is 7.55. The highest BCUT2D eigenvalue weighted by atomic mass is 16.5. The molecule has 1 aliphatic rings. The Morgan fingerprint density at radius 3 is 2.50 bits per heavy atom. The molecule has 0 bridgehead atoms. The Hall–Kier alpha value is -1.92. The van der Waals surface area contributed by atoms with Gasteiger partial charge in [-0.2, -0.15) is 0 Å². The molecule has 6 heteroatoms. The Morgan fingerprint density at radius 2 is 1.86 bits per heavy atom. The van der Waals surface area contributed by atoms with Crippen LogP contribution in [0, 0.1) is 0 Å². The van der Waals surface area contributed by atoms with Crippen molar-refractivity contribution in [1.82, 2.24) is 9.80 Å². The van der Waals surface area contributed by atoms with E-state index in [-0.39, 0.29) is 5.91 Å². The van der Waals surface area contributed by atoms with E-state index in [1.54, 1.807) is 24.3 Å². The minimum atomic E-state index is -0.410. The summed E-state index contributed by atoms with van der Waals surface area (Å²) < 4.78 is 4.67. The van der Waals surface area contributed by atoms with Gasteiger partial charge in [-0.25, -0.2) is 4.79 Å². The molecule has 0 atom stereocenters. The van der Waals surface area contributed by atoms with E-state index in [9.17, 15) is 9.59 Å². The van der Waals surface area contributed by atoms with E-state index < -0.39 is 5.97 Å². The van der Waals surface area contributed by atoms with Gasteiger partial charge >= 0.3 is 5.97 Å². The van der Waals surface area contributed by atoms with Gasteiger partial charge in [0, 0.05) is 31.9 Å². The van der Waals surface area contributed by atoms with Crippen molar-refractivity contribution in [1.29, 1.82) is 0 Å². The van der Waals surface area contributed by atoms with Crippen LogP contribution in [0.1, 0.15) is 17.3 Å². The van der Waals surface area contributed by atoms with Gasteiger partial charge in [-0.05, 0) is 24.7 Å². The van der Waals surface area contributed by atoms with Crippen molar-refractivity contribution in [3.05, 3.63) is 29.8 Å². The molecular weight excluding hydrogens is 282 g/mol. The molecule has 2 rings (SSSR count). The van der Waals surface area contributed by atoms with Crippen LogP contribution in [0.4, 0.5) is 5.69 Å². The van der Waals surface area contributed by atoms with Crippen molar-refractivity contribution in [2.75, 3.05) is 51.7 Å². The van der Waals surface area contributed by atoms with E-state index in [2.05, 4.69) is 26.8 Å². The molecule has 0 saturated carbocycles. The summed E-state index contributed by atoms with van der Waals surface area (Å²) in [6.45, 7) is 7.40. The van der Waals surface area contributed by atoms with Crippen molar-refractivity contribution in [3.63, 3.8) is 0 Å². The molecule has 0 aliphatic carbocycles. The molecule has 1 saturated heterocycles. The number of benzene rings is 1. The van der Waals surface area contributed by atoms with Gasteiger partial charge in [0.2, 0.25) is 5.91 Å². The van der Waals surface area contributed by atoms with E-state index in [1.165, 1.54) is 7.11 Å². The zero-order chi connectivity index (χ0) is 15.9. The fourth-order valence-corrected chi connectivity index (χ4v) is 2.51. The second-order valence-corrected chi connectivity index (χ2v) is 5.33. The number of piperazine rings is 1. The lowest BCUT2D eigenvalue weighted by Crippen LogP contribution is -2.48. The van der Waals surface area contributed by atoms with Crippen molar-refractivity contribution in [3.8, 4) is 0 Å². The van der Waals surface area contributed by atoms with Crippen LogP contribution in [0.2, 0.25) is 0 Å². The highest BCUT2D eigenvalue weighted by Crippen LogP contribution is 2.12. The number of hydrogen-bond donors (Lipinski definition) is 1. The van der Waals surface area contributed by atoms with Crippen molar-refractivity contribution in [2.24, 2.45) is 0 Å². The summed E-state index contributed by atoms with van der Waals surface area (Å²) in [5.74, 6) is -0.473. The third-order valence-electron chi connectivity index (χ3n) is 3.85.